The van der Waals surface area contributed by atoms with Gasteiger partial charge in [-0.3, -0.25) is 0 Å². The van der Waals surface area contributed by atoms with E-state index in [-0.39, 0.29) is 6.03 Å². The average molecular weight is 468 g/mol. The number of amides is 2. The monoisotopic (exact) mass is 467 g/mol. The standard InChI is InChI=1S/C27H25N5O3/c33-27(28-22-7-9-24-25(18-22)35-16-15-34-24)32-13-11-31(12-14-32)26-10-8-23(29-30-26)21-6-5-19-3-1-2-4-20(19)17-21/h1-10,17-18H,11-16H2,(H,28,33). The summed E-state index contributed by atoms with van der Waals surface area (Å²) in [6.07, 6.45) is 0. The molecule has 0 unspecified atom stereocenters. The molecular formula is C27H25N5O3. The molecule has 4 aromatic rings. The highest BCUT2D eigenvalue weighted by Crippen LogP contribution is 2.32. The summed E-state index contributed by atoms with van der Waals surface area (Å²) in [6, 6.07) is 23.9. The van der Waals surface area contributed by atoms with Crippen molar-refractivity contribution < 1.29 is 14.3 Å². The maximum absolute atomic E-state index is 12.8. The zero-order valence-electron chi connectivity index (χ0n) is 19.2. The predicted molar refractivity (Wildman–Crippen MR) is 135 cm³/mol. The quantitative estimate of drug-likeness (QED) is 0.481. The fraction of sp³-hybridized carbons (Fsp3) is 0.222. The second-order valence-corrected chi connectivity index (χ2v) is 8.60. The van der Waals surface area contributed by atoms with Gasteiger partial charge in [0.15, 0.2) is 17.3 Å². The number of ether oxygens (including phenoxy) is 2. The van der Waals surface area contributed by atoms with Crippen LogP contribution < -0.4 is 19.7 Å². The van der Waals surface area contributed by atoms with Crippen molar-refractivity contribution in [2.45, 2.75) is 0 Å². The lowest BCUT2D eigenvalue weighted by molar-refractivity contribution is 0.171. The van der Waals surface area contributed by atoms with Crippen LogP contribution in [-0.2, 0) is 0 Å². The van der Waals surface area contributed by atoms with Gasteiger partial charge in [-0.05, 0) is 41.1 Å². The van der Waals surface area contributed by atoms with Gasteiger partial charge in [-0.1, -0.05) is 36.4 Å². The minimum absolute atomic E-state index is 0.126. The number of nitrogens with one attached hydrogen (secondary N) is 1. The average Bonchev–Trinajstić information content (AvgIpc) is 2.93. The number of piperazine rings is 1. The van der Waals surface area contributed by atoms with Crippen LogP contribution in [-0.4, -0.2) is 60.5 Å². The Morgan fingerprint density at radius 3 is 2.37 bits per heavy atom. The molecule has 176 valence electrons. The molecule has 8 heteroatoms. The van der Waals surface area contributed by atoms with E-state index in [1.54, 1.807) is 6.07 Å². The van der Waals surface area contributed by atoms with Gasteiger partial charge in [0, 0.05) is 43.5 Å². The lowest BCUT2D eigenvalue weighted by Crippen LogP contribution is -2.50. The molecule has 6 rings (SSSR count). The number of aromatic nitrogens is 2. The molecule has 2 aliphatic rings. The summed E-state index contributed by atoms with van der Waals surface area (Å²) < 4.78 is 11.1. The van der Waals surface area contributed by atoms with Crippen LogP contribution in [0, 0.1) is 0 Å². The number of nitrogens with zero attached hydrogens (tertiary/aromatic N) is 4. The summed E-state index contributed by atoms with van der Waals surface area (Å²) in [6.45, 7) is 3.64. The first kappa shape index (κ1) is 21.2. The molecule has 1 saturated heterocycles. The van der Waals surface area contributed by atoms with Gasteiger partial charge in [-0.15, -0.1) is 10.2 Å². The minimum atomic E-state index is -0.126. The smallest absolute Gasteiger partial charge is 0.321 e. The Balaban J connectivity index is 1.07. The Labute approximate surface area is 203 Å². The SMILES string of the molecule is O=C(Nc1ccc2c(c1)OCCO2)N1CCN(c2ccc(-c3ccc4ccccc4c3)nn2)CC1. The molecule has 3 aromatic carbocycles. The highest BCUT2D eigenvalue weighted by Gasteiger charge is 2.23. The van der Waals surface area contributed by atoms with Crippen molar-refractivity contribution in [1.82, 2.24) is 15.1 Å². The molecule has 1 fully saturated rings. The number of urea groups is 1. The van der Waals surface area contributed by atoms with Crippen molar-refractivity contribution >= 4 is 28.3 Å². The van der Waals surface area contributed by atoms with Gasteiger partial charge in [0.2, 0.25) is 0 Å². The van der Waals surface area contributed by atoms with E-state index >= 15 is 0 Å². The van der Waals surface area contributed by atoms with Crippen molar-refractivity contribution in [2.24, 2.45) is 0 Å². The molecule has 0 aliphatic carbocycles. The van der Waals surface area contributed by atoms with Crippen LogP contribution in [0.15, 0.2) is 72.8 Å². The first-order valence-electron chi connectivity index (χ1n) is 11.8. The second-order valence-electron chi connectivity index (χ2n) is 8.60. The zero-order chi connectivity index (χ0) is 23.6. The summed E-state index contributed by atoms with van der Waals surface area (Å²) in [5.74, 6) is 2.18. The molecule has 0 radical (unpaired) electrons. The van der Waals surface area contributed by atoms with Crippen LogP contribution in [0.2, 0.25) is 0 Å². The van der Waals surface area contributed by atoms with Gasteiger partial charge in [0.05, 0.1) is 5.69 Å². The maximum atomic E-state index is 12.8. The fourth-order valence-corrected chi connectivity index (χ4v) is 4.46. The van der Waals surface area contributed by atoms with Gasteiger partial charge in [-0.2, -0.15) is 0 Å². The number of anilines is 2. The highest BCUT2D eigenvalue weighted by molar-refractivity contribution is 5.90. The number of carbonyl (C=O) groups is 1. The number of hydrogen-bond donors (Lipinski definition) is 1. The highest BCUT2D eigenvalue weighted by atomic mass is 16.6. The molecule has 0 saturated carbocycles. The van der Waals surface area contributed by atoms with Crippen molar-refractivity contribution in [3.05, 3.63) is 72.8 Å². The predicted octanol–water partition coefficient (Wildman–Crippen LogP) is 4.42. The van der Waals surface area contributed by atoms with Crippen LogP contribution in [0.3, 0.4) is 0 Å². The van der Waals surface area contributed by atoms with E-state index in [9.17, 15) is 4.79 Å². The Morgan fingerprint density at radius 1 is 0.771 bits per heavy atom. The van der Waals surface area contributed by atoms with E-state index in [4.69, 9.17) is 9.47 Å². The molecule has 35 heavy (non-hydrogen) atoms. The third kappa shape index (κ3) is 4.42. The van der Waals surface area contributed by atoms with E-state index in [2.05, 4.69) is 50.7 Å². The minimum Gasteiger partial charge on any atom is -0.486 e. The normalized spacial score (nSPS) is 15.2. The Kier molecular flexibility index (Phi) is 5.54. The summed E-state index contributed by atoms with van der Waals surface area (Å²) in [5.41, 5.74) is 2.58. The first-order valence-corrected chi connectivity index (χ1v) is 11.8. The van der Waals surface area contributed by atoms with E-state index in [0.717, 1.165) is 17.1 Å². The van der Waals surface area contributed by atoms with E-state index in [0.29, 0.717) is 56.6 Å². The number of hydrogen-bond acceptors (Lipinski definition) is 6. The Morgan fingerprint density at radius 2 is 1.57 bits per heavy atom. The molecule has 1 aromatic heterocycles. The molecule has 1 N–H and O–H groups in total. The van der Waals surface area contributed by atoms with Gasteiger partial charge in [-0.25, -0.2) is 4.79 Å². The lowest BCUT2D eigenvalue weighted by Gasteiger charge is -2.35. The van der Waals surface area contributed by atoms with Gasteiger partial charge in [0.1, 0.15) is 13.2 Å². The van der Waals surface area contributed by atoms with Crippen molar-refractivity contribution in [3.8, 4) is 22.8 Å². The zero-order valence-corrected chi connectivity index (χ0v) is 19.2. The molecule has 2 amide bonds. The Bertz CT molecular complexity index is 1370. The fourth-order valence-electron chi connectivity index (χ4n) is 4.46. The Hall–Kier alpha value is -4.33. The topological polar surface area (TPSA) is 79.8 Å². The molecule has 8 nitrogen and oxygen atoms in total. The summed E-state index contributed by atoms with van der Waals surface area (Å²) in [4.78, 5) is 16.7. The summed E-state index contributed by atoms with van der Waals surface area (Å²) in [7, 11) is 0. The maximum Gasteiger partial charge on any atom is 0.321 e. The van der Waals surface area contributed by atoms with Gasteiger partial charge >= 0.3 is 6.03 Å². The largest absolute Gasteiger partial charge is 0.486 e. The molecule has 0 bridgehead atoms. The number of rotatable bonds is 3. The molecule has 3 heterocycles. The van der Waals surface area contributed by atoms with Crippen LogP contribution in [0.5, 0.6) is 11.5 Å². The van der Waals surface area contributed by atoms with Gasteiger partial charge in [0.25, 0.3) is 0 Å². The summed E-state index contributed by atoms with van der Waals surface area (Å²) in [5, 5.41) is 14.3. The number of carbonyl (C=O) groups excluding carboxylic acids is 1. The molecule has 0 atom stereocenters. The van der Waals surface area contributed by atoms with Gasteiger partial charge < -0.3 is 24.6 Å². The van der Waals surface area contributed by atoms with Crippen molar-refractivity contribution in [3.63, 3.8) is 0 Å². The lowest BCUT2D eigenvalue weighted by atomic mass is 10.1. The van der Waals surface area contributed by atoms with Crippen LogP contribution in [0.4, 0.5) is 16.3 Å². The van der Waals surface area contributed by atoms with E-state index in [1.807, 2.05) is 41.3 Å². The van der Waals surface area contributed by atoms with Crippen LogP contribution in [0.25, 0.3) is 22.0 Å². The van der Waals surface area contributed by atoms with Crippen molar-refractivity contribution in [1.29, 1.82) is 0 Å². The third-order valence-corrected chi connectivity index (χ3v) is 6.38. The third-order valence-electron chi connectivity index (χ3n) is 6.38. The summed E-state index contributed by atoms with van der Waals surface area (Å²) >= 11 is 0. The van der Waals surface area contributed by atoms with E-state index < -0.39 is 0 Å². The number of fused-ring (bicyclic) bond motifs is 2. The van der Waals surface area contributed by atoms with E-state index in [1.165, 1.54) is 10.8 Å². The molecular weight excluding hydrogens is 442 g/mol. The molecule has 2 aliphatic heterocycles. The number of benzene rings is 3. The van der Waals surface area contributed by atoms with Crippen LogP contribution >= 0.6 is 0 Å². The molecule has 0 spiro atoms. The first-order chi connectivity index (χ1) is 17.2. The second kappa shape index (κ2) is 9.13. The van der Waals surface area contributed by atoms with Crippen LogP contribution in [0.1, 0.15) is 0 Å². The van der Waals surface area contributed by atoms with Crippen molar-refractivity contribution in [2.75, 3.05) is 49.6 Å².